The second-order valence-electron chi connectivity index (χ2n) is 8.74. The van der Waals surface area contributed by atoms with E-state index in [9.17, 15) is 4.79 Å². The maximum Gasteiger partial charge on any atom is 0.307 e. The molecule has 1 aliphatic rings. The quantitative estimate of drug-likeness (QED) is 0.309. The molecular formula is C26H28BrN3O3. The topological polar surface area (TPSA) is 67.1 Å². The second kappa shape index (κ2) is 9.06. The van der Waals surface area contributed by atoms with Crippen LogP contribution in [0.5, 0.6) is 5.75 Å². The molecule has 33 heavy (non-hydrogen) atoms. The molecule has 4 rings (SSSR count). The van der Waals surface area contributed by atoms with Crippen LogP contribution in [0.4, 0.5) is 5.69 Å². The predicted octanol–water partition coefficient (Wildman–Crippen LogP) is 6.38. The van der Waals surface area contributed by atoms with Gasteiger partial charge in [-0.05, 0) is 63.1 Å². The molecule has 0 unspecified atom stereocenters. The number of nitrogens with one attached hydrogen (secondary N) is 1. The Morgan fingerprint density at radius 3 is 2.79 bits per heavy atom. The maximum absolute atomic E-state index is 12.5. The number of furan rings is 1. The fraction of sp³-hybridized carbons (Fsp3) is 0.308. The van der Waals surface area contributed by atoms with E-state index in [0.29, 0.717) is 11.3 Å². The number of carbonyl (C=O) groups is 1. The molecule has 1 amide bonds. The maximum atomic E-state index is 12.5. The number of hydrogen-bond acceptors (Lipinski definition) is 5. The number of anilines is 1. The monoisotopic (exact) mass is 509 g/mol. The van der Waals surface area contributed by atoms with Crippen LogP contribution in [0.15, 0.2) is 56.5 Å². The number of carbonyl (C=O) groups excluding carboxylic acids is 1. The van der Waals surface area contributed by atoms with E-state index in [0.717, 1.165) is 39.6 Å². The Kier molecular flexibility index (Phi) is 6.34. The second-order valence-corrected chi connectivity index (χ2v) is 9.65. The Balaban J connectivity index is 1.60. The molecule has 1 aromatic heterocycles. The predicted molar refractivity (Wildman–Crippen MR) is 137 cm³/mol. The molecule has 0 atom stereocenters. The van der Waals surface area contributed by atoms with Crippen molar-refractivity contribution in [1.82, 2.24) is 5.43 Å². The zero-order valence-electron chi connectivity index (χ0n) is 19.5. The third kappa shape index (κ3) is 4.55. The molecule has 6 nitrogen and oxygen atoms in total. The van der Waals surface area contributed by atoms with Crippen molar-refractivity contribution in [3.8, 4) is 5.75 Å². The molecule has 0 spiro atoms. The highest BCUT2D eigenvalue weighted by molar-refractivity contribution is 9.10. The smallest absolute Gasteiger partial charge is 0.307 e. The van der Waals surface area contributed by atoms with Crippen molar-refractivity contribution < 1.29 is 13.9 Å². The molecule has 0 saturated carbocycles. The van der Waals surface area contributed by atoms with E-state index in [1.807, 2.05) is 18.2 Å². The van der Waals surface area contributed by atoms with Gasteiger partial charge >= 0.3 is 5.91 Å². The normalized spacial score (nSPS) is 15.0. The summed E-state index contributed by atoms with van der Waals surface area (Å²) in [5.41, 5.74) is 7.39. The van der Waals surface area contributed by atoms with E-state index in [2.05, 4.69) is 77.3 Å². The summed E-state index contributed by atoms with van der Waals surface area (Å²) in [5, 5.41) is 5.01. The molecule has 2 aromatic carbocycles. The Morgan fingerprint density at radius 1 is 1.27 bits per heavy atom. The molecule has 1 aliphatic heterocycles. The van der Waals surface area contributed by atoms with Gasteiger partial charge in [-0.25, -0.2) is 5.43 Å². The molecule has 172 valence electrons. The van der Waals surface area contributed by atoms with Gasteiger partial charge in [0.05, 0.1) is 18.9 Å². The standard InChI is InChI=1S/C26H28BrN3O3/c1-6-9-30-21-13-23(32-5)18(11-20(21)16(2)14-26(30,3)4)15-28-29-25(31)24-12-17-10-19(27)7-8-22(17)33-24/h7-8,10-15H,6,9H2,1-5H3,(H,29,31)/b28-15+. The highest BCUT2D eigenvalue weighted by Gasteiger charge is 2.31. The minimum atomic E-state index is -0.414. The van der Waals surface area contributed by atoms with Crippen molar-refractivity contribution in [3.63, 3.8) is 0 Å². The van der Waals surface area contributed by atoms with E-state index >= 15 is 0 Å². The Bertz CT molecular complexity index is 1270. The van der Waals surface area contributed by atoms with E-state index in [1.165, 1.54) is 5.57 Å². The Hall–Kier alpha value is -3.06. The molecule has 2 heterocycles. The average molecular weight is 510 g/mol. The molecule has 0 fully saturated rings. The summed E-state index contributed by atoms with van der Waals surface area (Å²) < 4.78 is 12.2. The van der Waals surface area contributed by atoms with Crippen molar-refractivity contribution in [2.45, 2.75) is 39.7 Å². The van der Waals surface area contributed by atoms with E-state index < -0.39 is 5.91 Å². The zero-order chi connectivity index (χ0) is 23.8. The van der Waals surface area contributed by atoms with Crippen molar-refractivity contribution in [1.29, 1.82) is 0 Å². The number of nitrogens with zero attached hydrogens (tertiary/aromatic N) is 2. The van der Waals surface area contributed by atoms with Gasteiger partial charge in [-0.15, -0.1) is 0 Å². The average Bonchev–Trinajstić information content (AvgIpc) is 3.19. The summed E-state index contributed by atoms with van der Waals surface area (Å²) in [7, 11) is 1.64. The van der Waals surface area contributed by atoms with Gasteiger partial charge in [0.15, 0.2) is 5.76 Å². The minimum Gasteiger partial charge on any atom is -0.496 e. The summed E-state index contributed by atoms with van der Waals surface area (Å²) >= 11 is 3.42. The number of ether oxygens (including phenoxy) is 1. The van der Waals surface area contributed by atoms with Crippen LogP contribution in [0.25, 0.3) is 16.5 Å². The largest absolute Gasteiger partial charge is 0.496 e. The first kappa shape index (κ1) is 23.1. The SMILES string of the molecule is CCCN1c2cc(OC)c(/C=N/NC(=O)c3cc4cc(Br)ccc4o3)cc2C(C)=CC1(C)C. The zero-order valence-corrected chi connectivity index (χ0v) is 21.1. The number of rotatable bonds is 6. The number of methoxy groups -OCH3 is 1. The van der Waals surface area contributed by atoms with Crippen molar-refractivity contribution >= 4 is 50.3 Å². The first-order chi connectivity index (χ1) is 15.7. The molecule has 3 aromatic rings. The third-order valence-electron chi connectivity index (χ3n) is 5.85. The van der Waals surface area contributed by atoms with Crippen LogP contribution < -0.4 is 15.1 Å². The summed E-state index contributed by atoms with van der Waals surface area (Å²) in [5.74, 6) is 0.489. The van der Waals surface area contributed by atoms with Crippen LogP contribution in [0.3, 0.4) is 0 Å². The lowest BCUT2D eigenvalue weighted by Gasteiger charge is -2.43. The number of amides is 1. The van der Waals surface area contributed by atoms with Crippen molar-refractivity contribution in [3.05, 3.63) is 63.8 Å². The first-order valence-electron chi connectivity index (χ1n) is 11.0. The summed E-state index contributed by atoms with van der Waals surface area (Å²) in [4.78, 5) is 14.9. The van der Waals surface area contributed by atoms with E-state index in [-0.39, 0.29) is 11.3 Å². The van der Waals surface area contributed by atoms with E-state index in [4.69, 9.17) is 9.15 Å². The van der Waals surface area contributed by atoms with Crippen LogP contribution >= 0.6 is 15.9 Å². The Labute approximate surface area is 202 Å². The van der Waals surface area contributed by atoms with Crippen LogP contribution in [0.2, 0.25) is 0 Å². The van der Waals surface area contributed by atoms with Gasteiger partial charge in [0.25, 0.3) is 0 Å². The summed E-state index contributed by atoms with van der Waals surface area (Å²) in [6.45, 7) is 9.71. The fourth-order valence-corrected chi connectivity index (χ4v) is 4.75. The van der Waals surface area contributed by atoms with Crippen LogP contribution in [-0.4, -0.2) is 31.3 Å². The molecule has 0 radical (unpaired) electrons. The van der Waals surface area contributed by atoms with Gasteiger partial charge in [-0.3, -0.25) is 4.79 Å². The van der Waals surface area contributed by atoms with Gasteiger partial charge in [0, 0.05) is 39.3 Å². The van der Waals surface area contributed by atoms with Crippen molar-refractivity contribution in [2.75, 3.05) is 18.6 Å². The lowest BCUT2D eigenvalue weighted by molar-refractivity contribution is 0.0929. The molecule has 7 heteroatoms. The highest BCUT2D eigenvalue weighted by atomic mass is 79.9. The van der Waals surface area contributed by atoms with Gasteiger partial charge < -0.3 is 14.1 Å². The number of hydrazone groups is 1. The van der Waals surface area contributed by atoms with Crippen LogP contribution in [0, 0.1) is 0 Å². The molecule has 0 aliphatic carbocycles. The van der Waals surface area contributed by atoms with Gasteiger partial charge in [-0.2, -0.15) is 5.10 Å². The lowest BCUT2D eigenvalue weighted by atomic mass is 9.87. The van der Waals surface area contributed by atoms with E-state index in [1.54, 1.807) is 19.4 Å². The number of benzene rings is 2. The van der Waals surface area contributed by atoms with Gasteiger partial charge in [0.2, 0.25) is 0 Å². The summed E-state index contributed by atoms with van der Waals surface area (Å²) in [6, 6.07) is 11.4. The van der Waals surface area contributed by atoms with Crippen molar-refractivity contribution in [2.24, 2.45) is 5.10 Å². The van der Waals surface area contributed by atoms with Crippen LogP contribution in [0.1, 0.15) is 55.8 Å². The van der Waals surface area contributed by atoms with Crippen LogP contribution in [-0.2, 0) is 0 Å². The molecular weight excluding hydrogens is 482 g/mol. The number of allylic oxidation sites excluding steroid dienone is 1. The fourth-order valence-electron chi connectivity index (χ4n) is 4.37. The minimum absolute atomic E-state index is 0.0795. The van der Waals surface area contributed by atoms with Gasteiger partial charge in [-0.1, -0.05) is 28.9 Å². The molecule has 0 bridgehead atoms. The number of hydrogen-bond donors (Lipinski definition) is 1. The number of halogens is 1. The summed E-state index contributed by atoms with van der Waals surface area (Å²) in [6.07, 6.45) is 4.94. The van der Waals surface area contributed by atoms with Gasteiger partial charge in [0.1, 0.15) is 11.3 Å². The lowest BCUT2D eigenvalue weighted by Crippen LogP contribution is -2.45. The number of fused-ring (bicyclic) bond motifs is 2. The highest BCUT2D eigenvalue weighted by Crippen LogP contribution is 2.41. The molecule has 1 N–H and O–H groups in total. The first-order valence-corrected chi connectivity index (χ1v) is 11.7. The molecule has 0 saturated heterocycles. The Morgan fingerprint density at radius 2 is 2.06 bits per heavy atom. The third-order valence-corrected chi connectivity index (χ3v) is 6.34.